The second kappa shape index (κ2) is 17.2. The third-order valence-corrected chi connectivity index (χ3v) is 8.51. The Morgan fingerprint density at radius 3 is 2.64 bits per heavy atom. The molecule has 1 aromatic rings. The average molecular weight is 580 g/mol. The SMILES string of the molecule is CCCC=CC(=O)CCc1cc(OC2CCCC2)c(O)c2c1C#CCC(N=C(N)N)CCC(COC)C2CCC(C)C. The van der Waals surface area contributed by atoms with Gasteiger partial charge in [0.15, 0.2) is 23.2 Å². The molecular weight excluding hydrogens is 526 g/mol. The number of guanidine groups is 1. The normalized spacial score (nSPS) is 21.1. The molecule has 7 heteroatoms. The van der Waals surface area contributed by atoms with Crippen molar-refractivity contribution in [2.24, 2.45) is 28.3 Å². The van der Waals surface area contributed by atoms with Gasteiger partial charge in [-0.25, -0.2) is 4.99 Å². The minimum atomic E-state index is -0.110. The van der Waals surface area contributed by atoms with Gasteiger partial charge in [0.1, 0.15) is 0 Å². The number of phenolic OH excluding ortho intramolecular Hbond substituents is 1. The summed E-state index contributed by atoms with van der Waals surface area (Å²) < 4.78 is 12.2. The number of nitrogens with zero attached hydrogens (tertiary/aromatic N) is 1. The minimum Gasteiger partial charge on any atom is -0.504 e. The molecule has 0 heterocycles. The number of benzene rings is 1. The van der Waals surface area contributed by atoms with Crippen molar-refractivity contribution < 1.29 is 19.4 Å². The summed E-state index contributed by atoms with van der Waals surface area (Å²) in [6, 6.07) is 1.83. The highest BCUT2D eigenvalue weighted by Crippen LogP contribution is 2.47. The fourth-order valence-electron chi connectivity index (χ4n) is 6.26. The van der Waals surface area contributed by atoms with Crippen LogP contribution in [0.25, 0.3) is 0 Å². The highest BCUT2D eigenvalue weighted by Gasteiger charge is 2.32. The Morgan fingerprint density at radius 1 is 1.21 bits per heavy atom. The van der Waals surface area contributed by atoms with Crippen LogP contribution >= 0.6 is 0 Å². The zero-order valence-corrected chi connectivity index (χ0v) is 26.3. The number of aliphatic imine (C=N–C) groups is 1. The number of ketones is 1. The molecule has 0 bridgehead atoms. The van der Waals surface area contributed by atoms with Crippen molar-refractivity contribution >= 4 is 11.7 Å². The predicted molar refractivity (Wildman–Crippen MR) is 171 cm³/mol. The molecule has 5 N–H and O–H groups in total. The highest BCUT2D eigenvalue weighted by atomic mass is 16.5. The molecular formula is C35H53N3O4. The van der Waals surface area contributed by atoms with E-state index in [1.165, 1.54) is 0 Å². The molecule has 0 radical (unpaired) electrons. The molecule has 2 aliphatic rings. The van der Waals surface area contributed by atoms with Crippen LogP contribution in [-0.4, -0.2) is 42.7 Å². The fraction of sp³-hybridized carbons (Fsp3) is 0.657. The highest BCUT2D eigenvalue weighted by molar-refractivity contribution is 5.89. The molecule has 3 rings (SSSR count). The number of hydrogen-bond donors (Lipinski definition) is 3. The van der Waals surface area contributed by atoms with Crippen molar-refractivity contribution in [3.8, 4) is 23.3 Å². The molecule has 0 saturated heterocycles. The van der Waals surface area contributed by atoms with Crippen molar-refractivity contribution in [1.82, 2.24) is 0 Å². The average Bonchev–Trinajstić information content (AvgIpc) is 3.45. The molecule has 0 aliphatic heterocycles. The quantitative estimate of drug-likeness (QED) is 0.0997. The van der Waals surface area contributed by atoms with Crippen LogP contribution in [0.5, 0.6) is 11.5 Å². The van der Waals surface area contributed by atoms with Gasteiger partial charge in [-0.15, -0.1) is 0 Å². The van der Waals surface area contributed by atoms with Gasteiger partial charge in [0.05, 0.1) is 12.1 Å². The number of carbonyl (C=O) groups excluding carboxylic acids is 1. The van der Waals surface area contributed by atoms with E-state index in [9.17, 15) is 9.90 Å². The van der Waals surface area contributed by atoms with Crippen LogP contribution in [0, 0.1) is 23.7 Å². The van der Waals surface area contributed by atoms with Crippen molar-refractivity contribution in [3.63, 3.8) is 0 Å². The number of hydrogen-bond acceptors (Lipinski definition) is 5. The number of carbonyl (C=O) groups is 1. The van der Waals surface area contributed by atoms with E-state index in [1.807, 2.05) is 12.1 Å². The van der Waals surface area contributed by atoms with Gasteiger partial charge in [0, 0.05) is 37.7 Å². The molecule has 7 nitrogen and oxygen atoms in total. The van der Waals surface area contributed by atoms with E-state index in [0.717, 1.165) is 80.9 Å². The largest absolute Gasteiger partial charge is 0.504 e. The first-order valence-electron chi connectivity index (χ1n) is 16.0. The third kappa shape index (κ3) is 10.1. The molecule has 3 unspecified atom stereocenters. The van der Waals surface area contributed by atoms with Crippen LogP contribution in [0.2, 0.25) is 0 Å². The van der Waals surface area contributed by atoms with E-state index >= 15 is 0 Å². The first-order valence-corrected chi connectivity index (χ1v) is 16.0. The number of nitrogens with two attached hydrogens (primary N) is 2. The van der Waals surface area contributed by atoms with E-state index in [-0.39, 0.29) is 41.5 Å². The van der Waals surface area contributed by atoms with E-state index in [0.29, 0.717) is 37.5 Å². The summed E-state index contributed by atoms with van der Waals surface area (Å²) in [5.74, 6) is 8.28. The Hall–Kier alpha value is -2.98. The van der Waals surface area contributed by atoms with E-state index in [4.69, 9.17) is 20.9 Å². The molecule has 232 valence electrons. The summed E-state index contributed by atoms with van der Waals surface area (Å²) in [4.78, 5) is 17.3. The number of aryl methyl sites for hydroxylation is 1. The Morgan fingerprint density at radius 2 is 1.98 bits per heavy atom. The number of aromatic hydroxyl groups is 1. The smallest absolute Gasteiger partial charge is 0.186 e. The maximum atomic E-state index is 12.8. The maximum absolute atomic E-state index is 12.8. The summed E-state index contributed by atoms with van der Waals surface area (Å²) >= 11 is 0. The lowest BCUT2D eigenvalue weighted by Crippen LogP contribution is -2.27. The molecule has 3 atom stereocenters. The lowest BCUT2D eigenvalue weighted by atomic mass is 9.75. The zero-order valence-electron chi connectivity index (χ0n) is 26.3. The Bertz CT molecular complexity index is 1140. The van der Waals surface area contributed by atoms with Crippen LogP contribution in [0.3, 0.4) is 0 Å². The predicted octanol–water partition coefficient (Wildman–Crippen LogP) is 6.53. The van der Waals surface area contributed by atoms with Gasteiger partial charge >= 0.3 is 0 Å². The number of phenols is 1. The van der Waals surface area contributed by atoms with E-state index < -0.39 is 0 Å². The number of rotatable bonds is 14. The number of allylic oxidation sites excluding steroid dienone is 2. The van der Waals surface area contributed by atoms with Gasteiger partial charge in [0.2, 0.25) is 0 Å². The molecule has 0 amide bonds. The molecule has 1 aromatic carbocycles. The van der Waals surface area contributed by atoms with Crippen LogP contribution < -0.4 is 16.2 Å². The Balaban J connectivity index is 2.18. The first kappa shape index (κ1) is 33.5. The van der Waals surface area contributed by atoms with E-state index in [1.54, 1.807) is 13.2 Å². The van der Waals surface area contributed by atoms with Gasteiger partial charge in [0.25, 0.3) is 0 Å². The van der Waals surface area contributed by atoms with Crippen LogP contribution in [-0.2, 0) is 16.0 Å². The van der Waals surface area contributed by atoms with Crippen LogP contribution in [0.4, 0.5) is 0 Å². The Labute approximate surface area is 253 Å². The molecule has 2 aliphatic carbocycles. The van der Waals surface area contributed by atoms with Crippen LogP contribution in [0.1, 0.15) is 120 Å². The fourth-order valence-corrected chi connectivity index (χ4v) is 6.26. The van der Waals surface area contributed by atoms with Gasteiger partial charge in [-0.3, -0.25) is 4.79 Å². The molecule has 0 spiro atoms. The summed E-state index contributed by atoms with van der Waals surface area (Å²) in [7, 11) is 1.73. The van der Waals surface area contributed by atoms with Crippen molar-refractivity contribution in [3.05, 3.63) is 34.9 Å². The van der Waals surface area contributed by atoms with Crippen molar-refractivity contribution in [1.29, 1.82) is 0 Å². The molecule has 1 fully saturated rings. The standard InChI is InChI=1S/C35H53N3O4/c1-5-6-7-12-28(39)20-18-25-22-32(42-29-13-8-9-14-29)34(40)33-30(25)15-10-11-27(38-35(36)37)19-17-26(23-41-4)31(33)21-16-24(2)3/h7,12,22,24,26-27,29,31,40H,5-6,8-9,11,13-14,16-21,23H2,1-4H3,(H4,36,37,38). The second-order valence-electron chi connectivity index (χ2n) is 12.4. The molecule has 0 aromatic heterocycles. The summed E-state index contributed by atoms with van der Waals surface area (Å²) in [5.41, 5.74) is 14.2. The molecule has 42 heavy (non-hydrogen) atoms. The third-order valence-electron chi connectivity index (χ3n) is 8.51. The second-order valence-corrected chi connectivity index (χ2v) is 12.4. The maximum Gasteiger partial charge on any atom is 0.186 e. The monoisotopic (exact) mass is 579 g/mol. The number of fused-ring (bicyclic) bond motifs is 1. The molecule has 1 saturated carbocycles. The number of unbranched alkanes of at least 4 members (excludes halogenated alkanes) is 1. The first-order chi connectivity index (χ1) is 20.2. The summed E-state index contributed by atoms with van der Waals surface area (Å²) in [5, 5.41) is 11.9. The van der Waals surface area contributed by atoms with Crippen molar-refractivity contribution in [2.75, 3.05) is 13.7 Å². The van der Waals surface area contributed by atoms with Crippen LogP contribution in [0.15, 0.2) is 23.2 Å². The topological polar surface area (TPSA) is 120 Å². The van der Waals surface area contributed by atoms with Gasteiger partial charge < -0.3 is 26.0 Å². The summed E-state index contributed by atoms with van der Waals surface area (Å²) in [6.07, 6.45) is 14.8. The number of methoxy groups -OCH3 is 1. The van der Waals surface area contributed by atoms with Crippen molar-refractivity contribution in [2.45, 2.75) is 122 Å². The zero-order chi connectivity index (χ0) is 30.5. The minimum absolute atomic E-state index is 0.000586. The van der Waals surface area contributed by atoms with Gasteiger partial charge in [-0.1, -0.05) is 51.5 Å². The van der Waals surface area contributed by atoms with Gasteiger partial charge in [-0.05, 0) is 93.2 Å². The van der Waals surface area contributed by atoms with E-state index in [2.05, 4.69) is 37.6 Å². The lowest BCUT2D eigenvalue weighted by molar-refractivity contribution is -0.114. The number of ether oxygens (including phenoxy) is 2. The van der Waals surface area contributed by atoms with Gasteiger partial charge in [-0.2, -0.15) is 0 Å². The lowest BCUT2D eigenvalue weighted by Gasteiger charge is -2.32. The summed E-state index contributed by atoms with van der Waals surface area (Å²) in [6.45, 7) is 7.10. The Kier molecular flexibility index (Phi) is 13.7.